The molecule has 0 unspecified atom stereocenters. The molecule has 3 rings (SSSR count). The Morgan fingerprint density at radius 1 is 1.17 bits per heavy atom. The van der Waals surface area contributed by atoms with E-state index in [2.05, 4.69) is 5.32 Å². The zero-order valence-corrected chi connectivity index (χ0v) is 13.6. The molecule has 0 aromatic heterocycles. The first-order valence-corrected chi connectivity index (χ1v) is 7.96. The van der Waals surface area contributed by atoms with Crippen molar-refractivity contribution < 1.29 is 13.6 Å². The van der Waals surface area contributed by atoms with Gasteiger partial charge in [0.25, 0.3) is 5.91 Å². The number of carbonyl (C=O) groups excluding carboxylic acids is 1. The molecule has 1 heterocycles. The van der Waals surface area contributed by atoms with E-state index in [1.807, 2.05) is 0 Å². The summed E-state index contributed by atoms with van der Waals surface area (Å²) in [6, 6.07) is 12.0. The predicted molar refractivity (Wildman–Crippen MR) is 91.9 cm³/mol. The Balaban J connectivity index is 2.33. The first kappa shape index (κ1) is 16.3. The molecule has 7 heteroatoms. The number of nitrogens with zero attached hydrogens (tertiary/aromatic N) is 1. The van der Waals surface area contributed by atoms with Gasteiger partial charge in [-0.15, -0.1) is 0 Å². The number of hydrogen-bond donors (Lipinski definition) is 1. The third-order valence-electron chi connectivity index (χ3n) is 3.33. The van der Waals surface area contributed by atoms with E-state index in [4.69, 9.17) is 17.5 Å². The van der Waals surface area contributed by atoms with Crippen molar-refractivity contribution in [3.05, 3.63) is 75.7 Å². The Hall–Kier alpha value is -2.56. The molecular weight excluding hydrogens is 350 g/mol. The number of benzene rings is 2. The third kappa shape index (κ3) is 2.94. The van der Waals surface area contributed by atoms with Gasteiger partial charge >= 0.3 is 0 Å². The van der Waals surface area contributed by atoms with Crippen LogP contribution in [0.5, 0.6) is 0 Å². The van der Waals surface area contributed by atoms with E-state index in [1.54, 1.807) is 36.4 Å². The predicted octanol–water partition coefficient (Wildman–Crippen LogP) is 3.74. The van der Waals surface area contributed by atoms with Crippen molar-refractivity contribution >= 4 is 39.8 Å². The number of nitrogens with one attached hydrogen (secondary N) is 1. The minimum Gasteiger partial charge on any atom is -0.307 e. The van der Waals surface area contributed by atoms with Crippen LogP contribution in [0, 0.1) is 23.0 Å². The third-order valence-corrected chi connectivity index (χ3v) is 4.56. The summed E-state index contributed by atoms with van der Waals surface area (Å²) in [5, 5.41) is 11.3. The van der Waals surface area contributed by atoms with E-state index < -0.39 is 17.5 Å². The van der Waals surface area contributed by atoms with E-state index in [0.29, 0.717) is 5.56 Å². The standard InChI is InChI=1S/C17H8F2N2OS2/c18-11-6-9(8-20)7-12(19)14(11)13(10-4-2-1-3-5-10)15-16(22)21-17(23)24-15/h1-7H,(H,21,22,23). The molecule has 1 aliphatic heterocycles. The molecule has 1 saturated heterocycles. The molecule has 118 valence electrons. The Bertz CT molecular complexity index is 910. The number of rotatable bonds is 2. The van der Waals surface area contributed by atoms with E-state index in [0.717, 1.165) is 23.9 Å². The average Bonchev–Trinajstić information content (AvgIpc) is 2.89. The molecule has 1 aliphatic rings. The minimum atomic E-state index is -0.913. The lowest BCUT2D eigenvalue weighted by molar-refractivity contribution is -0.115. The van der Waals surface area contributed by atoms with Gasteiger partial charge in [-0.2, -0.15) is 5.26 Å². The minimum absolute atomic E-state index is 0.109. The van der Waals surface area contributed by atoms with Gasteiger partial charge in [-0.3, -0.25) is 4.79 Å². The first-order chi connectivity index (χ1) is 11.5. The van der Waals surface area contributed by atoms with Crippen LogP contribution in [-0.2, 0) is 4.79 Å². The van der Waals surface area contributed by atoms with E-state index in [9.17, 15) is 13.6 Å². The highest BCUT2D eigenvalue weighted by molar-refractivity contribution is 8.26. The number of thiocarbonyl (C=S) groups is 1. The molecule has 1 N–H and O–H groups in total. The average molecular weight is 358 g/mol. The lowest BCUT2D eigenvalue weighted by Crippen LogP contribution is -2.18. The molecule has 24 heavy (non-hydrogen) atoms. The van der Waals surface area contributed by atoms with Crippen molar-refractivity contribution in [2.45, 2.75) is 0 Å². The molecule has 0 bridgehead atoms. The summed E-state index contributed by atoms with van der Waals surface area (Å²) in [4.78, 5) is 12.3. The van der Waals surface area contributed by atoms with Crippen molar-refractivity contribution in [2.24, 2.45) is 0 Å². The Morgan fingerprint density at radius 2 is 1.79 bits per heavy atom. The summed E-state index contributed by atoms with van der Waals surface area (Å²) in [7, 11) is 0. The second-order valence-corrected chi connectivity index (χ2v) is 6.53. The Morgan fingerprint density at radius 3 is 2.29 bits per heavy atom. The quantitative estimate of drug-likeness (QED) is 0.656. The van der Waals surface area contributed by atoms with Crippen LogP contribution in [-0.4, -0.2) is 10.2 Å². The fourth-order valence-electron chi connectivity index (χ4n) is 2.35. The topological polar surface area (TPSA) is 52.9 Å². The van der Waals surface area contributed by atoms with Crippen molar-refractivity contribution in [2.75, 3.05) is 0 Å². The SMILES string of the molecule is N#Cc1cc(F)c(C(=C2SC(=S)NC2=O)c2ccccc2)c(F)c1. The number of nitriles is 1. The van der Waals surface area contributed by atoms with Gasteiger partial charge in [-0.1, -0.05) is 54.3 Å². The Labute approximate surface area is 146 Å². The number of thioether (sulfide) groups is 1. The van der Waals surface area contributed by atoms with Crippen LogP contribution in [0.1, 0.15) is 16.7 Å². The zero-order chi connectivity index (χ0) is 17.3. The maximum Gasteiger partial charge on any atom is 0.264 e. The van der Waals surface area contributed by atoms with Crippen LogP contribution in [0.15, 0.2) is 47.4 Å². The Kier molecular flexibility index (Phi) is 4.42. The van der Waals surface area contributed by atoms with Crippen LogP contribution >= 0.6 is 24.0 Å². The molecule has 0 atom stereocenters. The number of halogens is 2. The largest absolute Gasteiger partial charge is 0.307 e. The summed E-state index contributed by atoms with van der Waals surface area (Å²) in [5.74, 6) is -2.33. The molecule has 3 nitrogen and oxygen atoms in total. The van der Waals surface area contributed by atoms with E-state index in [1.165, 1.54) is 0 Å². The molecule has 2 aromatic carbocycles. The molecule has 1 amide bonds. The number of hydrogen-bond acceptors (Lipinski definition) is 4. The van der Waals surface area contributed by atoms with Crippen molar-refractivity contribution in [3.63, 3.8) is 0 Å². The van der Waals surface area contributed by atoms with Crippen molar-refractivity contribution in [3.8, 4) is 6.07 Å². The van der Waals surface area contributed by atoms with Crippen LogP contribution < -0.4 is 5.32 Å². The summed E-state index contributed by atoms with van der Waals surface area (Å²) < 4.78 is 29.2. The molecular formula is C17H8F2N2OS2. The van der Waals surface area contributed by atoms with Crippen LogP contribution in [0.25, 0.3) is 5.57 Å². The molecule has 0 saturated carbocycles. The first-order valence-electron chi connectivity index (χ1n) is 6.73. The van der Waals surface area contributed by atoms with Gasteiger partial charge in [0.05, 0.1) is 22.1 Å². The fraction of sp³-hybridized carbons (Fsp3) is 0. The van der Waals surface area contributed by atoms with Crippen LogP contribution in [0.3, 0.4) is 0 Å². The lowest BCUT2D eigenvalue weighted by atomic mass is 9.95. The van der Waals surface area contributed by atoms with Gasteiger partial charge in [0.15, 0.2) is 0 Å². The normalized spacial score (nSPS) is 15.9. The number of amides is 1. The van der Waals surface area contributed by atoms with Gasteiger partial charge in [0, 0.05) is 5.57 Å². The van der Waals surface area contributed by atoms with Gasteiger partial charge < -0.3 is 5.32 Å². The van der Waals surface area contributed by atoms with Gasteiger partial charge in [-0.25, -0.2) is 8.78 Å². The van der Waals surface area contributed by atoms with Crippen molar-refractivity contribution in [1.82, 2.24) is 5.32 Å². The highest BCUT2D eigenvalue weighted by Crippen LogP contribution is 2.38. The van der Waals surface area contributed by atoms with Crippen molar-refractivity contribution in [1.29, 1.82) is 5.26 Å². The molecule has 2 aromatic rings. The van der Waals surface area contributed by atoms with E-state index >= 15 is 0 Å². The monoisotopic (exact) mass is 358 g/mol. The zero-order valence-electron chi connectivity index (χ0n) is 12.0. The summed E-state index contributed by atoms with van der Waals surface area (Å²) in [6.07, 6.45) is 0. The summed E-state index contributed by atoms with van der Waals surface area (Å²) >= 11 is 5.91. The van der Waals surface area contributed by atoms with Gasteiger partial charge in [-0.05, 0) is 17.7 Å². The summed E-state index contributed by atoms with van der Waals surface area (Å²) in [5.41, 5.74) is 0.0903. The van der Waals surface area contributed by atoms with Gasteiger partial charge in [0.2, 0.25) is 0 Å². The second-order valence-electron chi connectivity index (χ2n) is 4.84. The highest BCUT2D eigenvalue weighted by Gasteiger charge is 2.30. The molecule has 0 aliphatic carbocycles. The molecule has 0 radical (unpaired) electrons. The smallest absolute Gasteiger partial charge is 0.264 e. The van der Waals surface area contributed by atoms with Crippen LogP contribution in [0.2, 0.25) is 0 Å². The fourth-order valence-corrected chi connectivity index (χ4v) is 3.49. The molecule has 1 fully saturated rings. The van der Waals surface area contributed by atoms with Crippen LogP contribution in [0.4, 0.5) is 8.78 Å². The van der Waals surface area contributed by atoms with Gasteiger partial charge in [0.1, 0.15) is 16.0 Å². The van der Waals surface area contributed by atoms with E-state index in [-0.39, 0.29) is 25.9 Å². The lowest BCUT2D eigenvalue weighted by Gasteiger charge is -2.13. The maximum absolute atomic E-state index is 14.5. The highest BCUT2D eigenvalue weighted by atomic mass is 32.2. The summed E-state index contributed by atoms with van der Waals surface area (Å²) in [6.45, 7) is 0. The number of carbonyl (C=O) groups is 1. The molecule has 0 spiro atoms. The second kappa shape index (κ2) is 6.51. The maximum atomic E-state index is 14.5.